The van der Waals surface area contributed by atoms with Crippen molar-refractivity contribution in [3.63, 3.8) is 0 Å². The summed E-state index contributed by atoms with van der Waals surface area (Å²) < 4.78 is 0. The second-order valence-corrected chi connectivity index (χ2v) is 4.23. The summed E-state index contributed by atoms with van der Waals surface area (Å²) in [6, 6.07) is 7.82. The summed E-state index contributed by atoms with van der Waals surface area (Å²) in [5.41, 5.74) is 2.06. The maximum absolute atomic E-state index is 8.93. The lowest BCUT2D eigenvalue weighted by Gasteiger charge is -2.22. The first-order valence-corrected chi connectivity index (χ1v) is 4.49. The molecule has 2 heteroatoms. The molecule has 0 amide bonds. The van der Waals surface area contributed by atoms with E-state index in [9.17, 15) is 0 Å². The predicted molar refractivity (Wildman–Crippen MR) is 55.7 cm³/mol. The molecular formula is C11H17NO. The highest BCUT2D eigenvalue weighted by molar-refractivity contribution is 5.47. The maximum atomic E-state index is 8.93. The fourth-order valence-electron chi connectivity index (χ4n) is 1.18. The van der Waals surface area contributed by atoms with Crippen LogP contribution in [0.15, 0.2) is 24.3 Å². The van der Waals surface area contributed by atoms with Gasteiger partial charge in [-0.25, -0.2) is 0 Å². The van der Waals surface area contributed by atoms with E-state index in [0.717, 1.165) is 11.3 Å². The van der Waals surface area contributed by atoms with Crippen molar-refractivity contribution in [2.45, 2.75) is 32.9 Å². The number of aliphatic hydroxyl groups is 1. The Bertz CT molecular complexity index is 276. The third kappa shape index (κ3) is 3.47. The largest absolute Gasteiger partial charge is 0.392 e. The van der Waals surface area contributed by atoms with Crippen LogP contribution in [-0.2, 0) is 6.61 Å². The lowest BCUT2D eigenvalue weighted by molar-refractivity contribution is 0.282. The van der Waals surface area contributed by atoms with Crippen LogP contribution in [0.5, 0.6) is 0 Å². The highest BCUT2D eigenvalue weighted by Crippen LogP contribution is 2.15. The quantitative estimate of drug-likeness (QED) is 0.730. The minimum Gasteiger partial charge on any atom is -0.392 e. The average molecular weight is 179 g/mol. The fraction of sp³-hybridized carbons (Fsp3) is 0.455. The molecule has 0 bridgehead atoms. The summed E-state index contributed by atoms with van der Waals surface area (Å²) in [7, 11) is 0. The minimum absolute atomic E-state index is 0.0636. The smallest absolute Gasteiger partial charge is 0.0682 e. The van der Waals surface area contributed by atoms with Crippen LogP contribution >= 0.6 is 0 Å². The summed E-state index contributed by atoms with van der Waals surface area (Å²) in [4.78, 5) is 0. The standard InChI is InChI=1S/C11H17NO/c1-11(2,3)12-10-6-4-5-9(7-10)8-13/h4-7,12-13H,8H2,1-3H3. The first-order valence-electron chi connectivity index (χ1n) is 4.49. The van der Waals surface area contributed by atoms with Gasteiger partial charge in [-0.05, 0) is 38.5 Å². The van der Waals surface area contributed by atoms with Crippen LogP contribution in [0.2, 0.25) is 0 Å². The molecule has 2 N–H and O–H groups in total. The van der Waals surface area contributed by atoms with Crippen LogP contribution in [0, 0.1) is 0 Å². The average Bonchev–Trinajstić information content (AvgIpc) is 2.01. The Hall–Kier alpha value is -1.02. The fourth-order valence-corrected chi connectivity index (χ4v) is 1.18. The second-order valence-electron chi connectivity index (χ2n) is 4.23. The number of nitrogens with one attached hydrogen (secondary N) is 1. The molecule has 0 aromatic heterocycles. The number of benzene rings is 1. The van der Waals surface area contributed by atoms with Gasteiger partial charge in [-0.1, -0.05) is 12.1 Å². The van der Waals surface area contributed by atoms with Crippen molar-refractivity contribution in [3.8, 4) is 0 Å². The van der Waals surface area contributed by atoms with Gasteiger partial charge < -0.3 is 10.4 Å². The zero-order chi connectivity index (χ0) is 9.90. The maximum Gasteiger partial charge on any atom is 0.0682 e. The van der Waals surface area contributed by atoms with Crippen molar-refractivity contribution in [2.24, 2.45) is 0 Å². The van der Waals surface area contributed by atoms with Crippen molar-refractivity contribution < 1.29 is 5.11 Å². The molecule has 1 aromatic carbocycles. The van der Waals surface area contributed by atoms with E-state index in [1.165, 1.54) is 0 Å². The molecule has 0 fully saturated rings. The molecule has 72 valence electrons. The molecule has 0 heterocycles. The second kappa shape index (κ2) is 3.79. The molecule has 0 saturated carbocycles. The highest BCUT2D eigenvalue weighted by Gasteiger charge is 2.08. The van der Waals surface area contributed by atoms with Gasteiger partial charge in [0.05, 0.1) is 6.61 Å². The van der Waals surface area contributed by atoms with E-state index in [1.54, 1.807) is 0 Å². The molecule has 1 aromatic rings. The normalized spacial score (nSPS) is 11.4. The summed E-state index contributed by atoms with van der Waals surface area (Å²) in [6.07, 6.45) is 0. The van der Waals surface area contributed by atoms with Crippen LogP contribution in [0.1, 0.15) is 26.3 Å². The molecule has 0 radical (unpaired) electrons. The summed E-state index contributed by atoms with van der Waals surface area (Å²) in [6.45, 7) is 6.43. The van der Waals surface area contributed by atoms with Gasteiger partial charge in [-0.3, -0.25) is 0 Å². The Morgan fingerprint density at radius 1 is 1.31 bits per heavy atom. The van der Waals surface area contributed by atoms with E-state index in [0.29, 0.717) is 0 Å². The van der Waals surface area contributed by atoms with E-state index >= 15 is 0 Å². The van der Waals surface area contributed by atoms with Crippen LogP contribution in [0.4, 0.5) is 5.69 Å². The zero-order valence-electron chi connectivity index (χ0n) is 8.46. The molecule has 0 atom stereocenters. The van der Waals surface area contributed by atoms with Gasteiger partial charge in [0.25, 0.3) is 0 Å². The molecule has 2 nitrogen and oxygen atoms in total. The van der Waals surface area contributed by atoms with Crippen molar-refractivity contribution in [1.82, 2.24) is 0 Å². The van der Waals surface area contributed by atoms with Gasteiger partial charge in [0, 0.05) is 11.2 Å². The summed E-state index contributed by atoms with van der Waals surface area (Å²) in [5.74, 6) is 0. The number of hydrogen-bond donors (Lipinski definition) is 2. The van der Waals surface area contributed by atoms with Gasteiger partial charge in [0.1, 0.15) is 0 Å². The summed E-state index contributed by atoms with van der Waals surface area (Å²) in [5, 5.41) is 12.3. The van der Waals surface area contributed by atoms with E-state index < -0.39 is 0 Å². The van der Waals surface area contributed by atoms with Gasteiger partial charge in [0.2, 0.25) is 0 Å². The zero-order valence-corrected chi connectivity index (χ0v) is 8.46. The molecule has 13 heavy (non-hydrogen) atoms. The van der Waals surface area contributed by atoms with E-state index in [-0.39, 0.29) is 12.1 Å². The molecule has 0 unspecified atom stereocenters. The lowest BCUT2D eigenvalue weighted by Crippen LogP contribution is -2.25. The third-order valence-electron chi connectivity index (χ3n) is 1.63. The van der Waals surface area contributed by atoms with E-state index in [1.807, 2.05) is 24.3 Å². The first-order chi connectivity index (χ1) is 6.01. The SMILES string of the molecule is CC(C)(C)Nc1cccc(CO)c1. The Morgan fingerprint density at radius 3 is 2.54 bits per heavy atom. The van der Waals surface area contributed by atoms with Gasteiger partial charge in [-0.2, -0.15) is 0 Å². The van der Waals surface area contributed by atoms with Crippen LogP contribution in [0.25, 0.3) is 0 Å². The predicted octanol–water partition coefficient (Wildman–Crippen LogP) is 2.39. The molecule has 0 spiro atoms. The van der Waals surface area contributed by atoms with E-state index in [2.05, 4.69) is 26.1 Å². The van der Waals surface area contributed by atoms with Crippen LogP contribution in [0.3, 0.4) is 0 Å². The lowest BCUT2D eigenvalue weighted by atomic mass is 10.1. The van der Waals surface area contributed by atoms with Gasteiger partial charge >= 0.3 is 0 Å². The molecular weight excluding hydrogens is 162 g/mol. The van der Waals surface area contributed by atoms with Gasteiger partial charge in [-0.15, -0.1) is 0 Å². The Labute approximate surface area is 79.6 Å². The van der Waals surface area contributed by atoms with Gasteiger partial charge in [0.15, 0.2) is 0 Å². The number of anilines is 1. The number of aliphatic hydroxyl groups excluding tert-OH is 1. The summed E-state index contributed by atoms with van der Waals surface area (Å²) >= 11 is 0. The molecule has 0 aliphatic carbocycles. The Morgan fingerprint density at radius 2 is 2.00 bits per heavy atom. The Balaban J connectivity index is 2.78. The molecule has 0 saturated heterocycles. The minimum atomic E-state index is 0.0636. The highest BCUT2D eigenvalue weighted by atomic mass is 16.3. The van der Waals surface area contributed by atoms with Crippen LogP contribution in [-0.4, -0.2) is 10.6 Å². The molecule has 0 aliphatic rings. The van der Waals surface area contributed by atoms with E-state index in [4.69, 9.17) is 5.11 Å². The van der Waals surface area contributed by atoms with Crippen molar-refractivity contribution in [3.05, 3.63) is 29.8 Å². The first kappa shape index (κ1) is 10.1. The molecule has 0 aliphatic heterocycles. The van der Waals surface area contributed by atoms with Crippen molar-refractivity contribution in [2.75, 3.05) is 5.32 Å². The molecule has 1 rings (SSSR count). The Kier molecular flexibility index (Phi) is 2.94. The van der Waals surface area contributed by atoms with Crippen molar-refractivity contribution >= 4 is 5.69 Å². The van der Waals surface area contributed by atoms with Crippen molar-refractivity contribution in [1.29, 1.82) is 0 Å². The monoisotopic (exact) mass is 179 g/mol. The topological polar surface area (TPSA) is 32.3 Å². The number of hydrogen-bond acceptors (Lipinski definition) is 2. The third-order valence-corrected chi connectivity index (χ3v) is 1.63. The number of rotatable bonds is 2. The van der Waals surface area contributed by atoms with Crippen LogP contribution < -0.4 is 5.32 Å².